The fourth-order valence-electron chi connectivity index (χ4n) is 4.04. The van der Waals surface area contributed by atoms with Gasteiger partial charge in [-0.25, -0.2) is 14.6 Å². The van der Waals surface area contributed by atoms with Crippen LogP contribution in [0.1, 0.15) is 11.8 Å². The van der Waals surface area contributed by atoms with E-state index in [9.17, 15) is 8.42 Å². The highest BCUT2D eigenvalue weighted by Gasteiger charge is 2.64. The first kappa shape index (κ1) is 21.7. The van der Waals surface area contributed by atoms with Gasteiger partial charge in [0.25, 0.3) is 10.1 Å². The van der Waals surface area contributed by atoms with Crippen LogP contribution in [0, 0.1) is 0 Å². The van der Waals surface area contributed by atoms with E-state index in [1.54, 1.807) is 4.68 Å². The van der Waals surface area contributed by atoms with Crippen molar-refractivity contribution in [2.24, 2.45) is 0 Å². The molecule has 2 aliphatic rings. The molecule has 4 atom stereocenters. The molecular weight excluding hydrogens is 506 g/mol. The summed E-state index contributed by atoms with van der Waals surface area (Å²) in [5.74, 6) is 0.268. The second kappa shape index (κ2) is 8.01. The summed E-state index contributed by atoms with van der Waals surface area (Å²) in [6.45, 7) is 0.150. The SMILES string of the molecule is CS(=O)(=O)OC[C@@]12CO[C@@H]([C@H](n3nc(Br)c4c(N)ncnc43)O1)[C@@H]2OCc1ccccc1. The summed E-state index contributed by atoms with van der Waals surface area (Å²) < 4.78 is 49.1. The van der Waals surface area contributed by atoms with E-state index in [2.05, 4.69) is 31.0 Å². The molecule has 2 bridgehead atoms. The number of anilines is 1. The van der Waals surface area contributed by atoms with Gasteiger partial charge in [0.05, 0.1) is 24.9 Å². The summed E-state index contributed by atoms with van der Waals surface area (Å²) in [5.41, 5.74) is 6.26. The van der Waals surface area contributed by atoms with E-state index in [4.69, 9.17) is 24.1 Å². The fourth-order valence-corrected chi connectivity index (χ4v) is 5.00. The molecule has 1 aromatic carbocycles. The summed E-state index contributed by atoms with van der Waals surface area (Å²) in [4.78, 5) is 8.30. The molecule has 0 radical (unpaired) electrons. The highest BCUT2D eigenvalue weighted by Crippen LogP contribution is 2.48. The molecule has 3 aromatic rings. The van der Waals surface area contributed by atoms with Gasteiger partial charge in [-0.3, -0.25) is 4.18 Å². The van der Waals surface area contributed by atoms with Crippen molar-refractivity contribution in [1.29, 1.82) is 0 Å². The van der Waals surface area contributed by atoms with Crippen LogP contribution in [-0.2, 0) is 35.1 Å². The maximum Gasteiger partial charge on any atom is 0.264 e. The van der Waals surface area contributed by atoms with Gasteiger partial charge in [0.2, 0.25) is 0 Å². The van der Waals surface area contributed by atoms with Crippen molar-refractivity contribution in [2.45, 2.75) is 30.6 Å². The average Bonchev–Trinajstić information content (AvgIpc) is 3.39. The van der Waals surface area contributed by atoms with Crippen LogP contribution in [0.25, 0.3) is 11.0 Å². The molecule has 170 valence electrons. The highest BCUT2D eigenvalue weighted by molar-refractivity contribution is 9.10. The summed E-state index contributed by atoms with van der Waals surface area (Å²) in [6, 6.07) is 9.62. The second-order valence-corrected chi connectivity index (χ2v) is 10.1. The number of hydrogen-bond donors (Lipinski definition) is 1. The molecule has 13 heteroatoms. The minimum absolute atomic E-state index is 0.112. The topological polar surface area (TPSA) is 141 Å². The molecule has 0 unspecified atom stereocenters. The molecule has 2 fully saturated rings. The van der Waals surface area contributed by atoms with E-state index in [-0.39, 0.29) is 19.0 Å². The van der Waals surface area contributed by atoms with Gasteiger partial charge >= 0.3 is 0 Å². The number of fused-ring (bicyclic) bond motifs is 3. The van der Waals surface area contributed by atoms with Crippen molar-refractivity contribution in [3.8, 4) is 0 Å². The van der Waals surface area contributed by atoms with E-state index in [1.807, 2.05) is 30.3 Å². The highest BCUT2D eigenvalue weighted by atomic mass is 79.9. The van der Waals surface area contributed by atoms with E-state index >= 15 is 0 Å². The Labute approximate surface area is 192 Å². The minimum atomic E-state index is -3.71. The predicted molar refractivity (Wildman–Crippen MR) is 116 cm³/mol. The third-order valence-electron chi connectivity index (χ3n) is 5.48. The zero-order valence-electron chi connectivity index (χ0n) is 16.9. The number of halogens is 1. The summed E-state index contributed by atoms with van der Waals surface area (Å²) in [6.07, 6.45) is 0.402. The molecule has 2 aromatic heterocycles. The zero-order valence-corrected chi connectivity index (χ0v) is 19.3. The largest absolute Gasteiger partial charge is 0.383 e. The Morgan fingerprint density at radius 2 is 2.09 bits per heavy atom. The first-order valence-electron chi connectivity index (χ1n) is 9.71. The third kappa shape index (κ3) is 3.78. The van der Waals surface area contributed by atoms with Crippen LogP contribution in [0.15, 0.2) is 41.3 Å². The fraction of sp³-hybridized carbons (Fsp3) is 0.421. The summed E-state index contributed by atoms with van der Waals surface area (Å²) >= 11 is 3.39. The van der Waals surface area contributed by atoms with Crippen molar-refractivity contribution in [1.82, 2.24) is 19.7 Å². The van der Waals surface area contributed by atoms with Gasteiger partial charge in [-0.05, 0) is 21.5 Å². The van der Waals surface area contributed by atoms with Gasteiger partial charge in [-0.2, -0.15) is 13.5 Å². The zero-order chi connectivity index (χ0) is 22.5. The molecule has 0 saturated carbocycles. The standard InChI is InChI=1S/C19H20BrN5O6S/c1-32(26,27)30-9-19-8-29-13(14(19)28-7-11-5-3-2-4-6-11)18(31-19)25-17-12(15(20)24-25)16(21)22-10-23-17/h2-6,10,13-14,18H,7-9H2,1H3,(H2,21,22,23)/t13-,14+,18-,19-/m1/s1. The number of nitrogens with zero attached hydrogens (tertiary/aromatic N) is 4. The second-order valence-electron chi connectivity index (χ2n) is 7.73. The van der Waals surface area contributed by atoms with Crippen LogP contribution in [0.4, 0.5) is 5.82 Å². The van der Waals surface area contributed by atoms with Crippen LogP contribution in [-0.4, -0.2) is 65.4 Å². The van der Waals surface area contributed by atoms with Gasteiger partial charge in [0.15, 0.2) is 11.9 Å². The molecular formula is C19H20BrN5O6S. The molecule has 32 heavy (non-hydrogen) atoms. The normalized spacial score (nSPS) is 27.4. The summed E-state index contributed by atoms with van der Waals surface area (Å²) in [5, 5.41) is 5.02. The predicted octanol–water partition coefficient (Wildman–Crippen LogP) is 1.40. The third-order valence-corrected chi connectivity index (χ3v) is 6.58. The van der Waals surface area contributed by atoms with E-state index in [0.717, 1.165) is 11.8 Å². The van der Waals surface area contributed by atoms with Crippen molar-refractivity contribution in [3.05, 3.63) is 46.8 Å². The maximum absolute atomic E-state index is 11.7. The minimum Gasteiger partial charge on any atom is -0.383 e. The van der Waals surface area contributed by atoms with Crippen LogP contribution < -0.4 is 5.73 Å². The number of benzene rings is 1. The number of aromatic nitrogens is 4. The van der Waals surface area contributed by atoms with Gasteiger partial charge in [0, 0.05) is 0 Å². The Hall–Kier alpha value is -2.16. The van der Waals surface area contributed by atoms with Crippen LogP contribution in [0.3, 0.4) is 0 Å². The average molecular weight is 526 g/mol. The Morgan fingerprint density at radius 1 is 1.31 bits per heavy atom. The van der Waals surface area contributed by atoms with Crippen LogP contribution >= 0.6 is 15.9 Å². The first-order valence-corrected chi connectivity index (χ1v) is 12.3. The smallest absolute Gasteiger partial charge is 0.264 e. The Kier molecular flexibility index (Phi) is 5.42. The maximum atomic E-state index is 11.7. The molecule has 2 saturated heterocycles. The number of rotatable bonds is 7. The quantitative estimate of drug-likeness (QED) is 0.449. The lowest BCUT2D eigenvalue weighted by Crippen LogP contribution is -2.46. The number of nitrogens with two attached hydrogens (primary N) is 1. The van der Waals surface area contributed by atoms with Crippen molar-refractivity contribution in [3.63, 3.8) is 0 Å². The molecule has 2 N–H and O–H groups in total. The number of hydrogen-bond acceptors (Lipinski definition) is 10. The van der Waals surface area contributed by atoms with E-state index in [0.29, 0.717) is 22.2 Å². The lowest BCUT2D eigenvalue weighted by molar-refractivity contribution is -0.186. The molecule has 11 nitrogen and oxygen atoms in total. The molecule has 0 aliphatic carbocycles. The Morgan fingerprint density at radius 3 is 2.84 bits per heavy atom. The molecule has 5 rings (SSSR count). The molecule has 4 heterocycles. The molecule has 0 amide bonds. The van der Waals surface area contributed by atoms with Crippen molar-refractivity contribution >= 4 is 42.9 Å². The monoisotopic (exact) mass is 525 g/mol. The Balaban J connectivity index is 1.49. The lowest BCUT2D eigenvalue weighted by atomic mass is 10.00. The van der Waals surface area contributed by atoms with Crippen LogP contribution in [0.2, 0.25) is 0 Å². The molecule has 2 aliphatic heterocycles. The van der Waals surface area contributed by atoms with E-state index < -0.39 is 34.2 Å². The number of ether oxygens (including phenoxy) is 3. The van der Waals surface area contributed by atoms with Crippen molar-refractivity contribution in [2.75, 3.05) is 25.2 Å². The van der Waals surface area contributed by atoms with Gasteiger partial charge in [0.1, 0.15) is 41.2 Å². The summed E-state index contributed by atoms with van der Waals surface area (Å²) in [7, 11) is -3.71. The van der Waals surface area contributed by atoms with Gasteiger partial charge < -0.3 is 19.9 Å². The van der Waals surface area contributed by atoms with Crippen molar-refractivity contribution < 1.29 is 26.8 Å². The van der Waals surface area contributed by atoms with Gasteiger partial charge in [-0.15, -0.1) is 0 Å². The number of nitrogen functional groups attached to an aromatic ring is 1. The first-order chi connectivity index (χ1) is 15.3. The van der Waals surface area contributed by atoms with Crippen LogP contribution in [0.5, 0.6) is 0 Å². The van der Waals surface area contributed by atoms with Gasteiger partial charge in [-0.1, -0.05) is 30.3 Å². The Bertz CT molecular complexity index is 1260. The molecule has 0 spiro atoms. The van der Waals surface area contributed by atoms with E-state index in [1.165, 1.54) is 6.33 Å². The lowest BCUT2D eigenvalue weighted by Gasteiger charge is -2.30.